The summed E-state index contributed by atoms with van der Waals surface area (Å²) in [7, 11) is 0. The lowest BCUT2D eigenvalue weighted by molar-refractivity contribution is -0.137. The Balaban J connectivity index is 1.92. The molecule has 1 saturated heterocycles. The number of nitrogens with zero attached hydrogens (tertiary/aromatic N) is 1. The van der Waals surface area contributed by atoms with Gasteiger partial charge in [0.05, 0.1) is 12.1 Å². The van der Waals surface area contributed by atoms with E-state index in [1.165, 1.54) is 12.1 Å². The zero-order valence-electron chi connectivity index (χ0n) is 11.9. The smallest absolute Gasteiger partial charge is 0.376 e. The number of halogens is 3. The van der Waals surface area contributed by atoms with Crippen LogP contribution >= 0.6 is 0 Å². The first-order chi connectivity index (χ1) is 9.86. The topological polar surface area (TPSA) is 32.3 Å². The summed E-state index contributed by atoms with van der Waals surface area (Å²) in [4.78, 5) is 13.8. The average molecular weight is 300 g/mol. The lowest BCUT2D eigenvalue weighted by atomic mass is 10.0. The third-order valence-corrected chi connectivity index (χ3v) is 3.64. The van der Waals surface area contributed by atoms with Crippen LogP contribution in [0.2, 0.25) is 0 Å². The van der Waals surface area contributed by atoms with Gasteiger partial charge in [0.25, 0.3) is 0 Å². The van der Waals surface area contributed by atoms with Crippen LogP contribution in [0, 0.1) is 5.92 Å². The van der Waals surface area contributed by atoms with Crippen molar-refractivity contribution in [1.29, 1.82) is 0 Å². The standard InChI is InChI=1S/C15H19F3N2O/c1-11-4-3-7-20(10-11)14(21)9-19-13-6-2-5-12(8-13)15(16,17)18/h2,5-6,8,11,19H,3-4,7,9-10H2,1H3. The summed E-state index contributed by atoms with van der Waals surface area (Å²) in [5.41, 5.74) is -0.408. The van der Waals surface area contributed by atoms with Gasteiger partial charge in [-0.1, -0.05) is 13.0 Å². The van der Waals surface area contributed by atoms with Gasteiger partial charge >= 0.3 is 6.18 Å². The number of carbonyl (C=O) groups is 1. The first kappa shape index (κ1) is 15.7. The molecule has 0 aromatic heterocycles. The Morgan fingerprint density at radius 1 is 1.43 bits per heavy atom. The Labute approximate surface area is 122 Å². The van der Waals surface area contributed by atoms with Gasteiger partial charge in [-0.15, -0.1) is 0 Å². The van der Waals surface area contributed by atoms with E-state index in [0.717, 1.165) is 38.1 Å². The summed E-state index contributed by atoms with van der Waals surface area (Å²) in [6, 6.07) is 4.89. The molecule has 0 spiro atoms. The highest BCUT2D eigenvalue weighted by Gasteiger charge is 2.30. The van der Waals surface area contributed by atoms with E-state index in [2.05, 4.69) is 12.2 Å². The van der Waals surface area contributed by atoms with Crippen LogP contribution in [0.5, 0.6) is 0 Å². The SMILES string of the molecule is CC1CCCN(C(=O)CNc2cccc(C(F)(F)F)c2)C1. The molecule has 1 amide bonds. The molecule has 0 bridgehead atoms. The van der Waals surface area contributed by atoms with E-state index >= 15 is 0 Å². The maximum absolute atomic E-state index is 12.6. The molecule has 116 valence electrons. The molecule has 3 nitrogen and oxygen atoms in total. The number of alkyl halides is 3. The van der Waals surface area contributed by atoms with Gasteiger partial charge in [0.2, 0.25) is 5.91 Å². The molecular formula is C15H19F3N2O. The maximum atomic E-state index is 12.6. The zero-order chi connectivity index (χ0) is 15.5. The highest BCUT2D eigenvalue weighted by molar-refractivity contribution is 5.81. The molecule has 21 heavy (non-hydrogen) atoms. The van der Waals surface area contributed by atoms with Crippen LogP contribution < -0.4 is 5.32 Å². The second kappa shape index (κ2) is 6.37. The number of hydrogen-bond acceptors (Lipinski definition) is 2. The first-order valence-electron chi connectivity index (χ1n) is 7.05. The van der Waals surface area contributed by atoms with Gasteiger partial charge in [-0.25, -0.2) is 0 Å². The number of hydrogen-bond donors (Lipinski definition) is 1. The van der Waals surface area contributed by atoms with Crippen LogP contribution in [-0.2, 0) is 11.0 Å². The van der Waals surface area contributed by atoms with Gasteiger partial charge in [-0.2, -0.15) is 13.2 Å². The van der Waals surface area contributed by atoms with Crippen molar-refractivity contribution in [3.8, 4) is 0 Å². The lowest BCUT2D eigenvalue weighted by Gasteiger charge is -2.31. The second-order valence-corrected chi connectivity index (χ2v) is 5.52. The molecule has 0 aliphatic carbocycles. The number of anilines is 1. The molecule has 0 saturated carbocycles. The van der Waals surface area contributed by atoms with Crippen LogP contribution in [-0.4, -0.2) is 30.4 Å². The van der Waals surface area contributed by atoms with Gasteiger partial charge in [0.1, 0.15) is 0 Å². The molecule has 1 aromatic carbocycles. The quantitative estimate of drug-likeness (QED) is 0.928. The van der Waals surface area contributed by atoms with Crippen LogP contribution in [0.1, 0.15) is 25.3 Å². The van der Waals surface area contributed by atoms with Crippen molar-refractivity contribution in [2.45, 2.75) is 25.9 Å². The normalized spacial score (nSPS) is 19.4. The molecule has 2 rings (SSSR count). The molecule has 1 fully saturated rings. The van der Waals surface area contributed by atoms with Crippen molar-refractivity contribution in [3.05, 3.63) is 29.8 Å². The monoisotopic (exact) mass is 300 g/mol. The van der Waals surface area contributed by atoms with Crippen LogP contribution in [0.15, 0.2) is 24.3 Å². The summed E-state index contributed by atoms with van der Waals surface area (Å²) in [6.07, 6.45) is -2.27. The van der Waals surface area contributed by atoms with Crippen LogP contribution in [0.25, 0.3) is 0 Å². The van der Waals surface area contributed by atoms with E-state index in [1.54, 1.807) is 4.90 Å². The summed E-state index contributed by atoms with van der Waals surface area (Å²) in [5, 5.41) is 2.78. The number of nitrogens with one attached hydrogen (secondary N) is 1. The van der Waals surface area contributed by atoms with Crippen molar-refractivity contribution in [2.75, 3.05) is 25.0 Å². The van der Waals surface area contributed by atoms with E-state index in [4.69, 9.17) is 0 Å². The predicted molar refractivity (Wildman–Crippen MR) is 74.9 cm³/mol. The van der Waals surface area contributed by atoms with Gasteiger partial charge in [-0.05, 0) is 37.0 Å². The van der Waals surface area contributed by atoms with Gasteiger partial charge < -0.3 is 10.2 Å². The minimum Gasteiger partial charge on any atom is -0.376 e. The molecule has 1 atom stereocenters. The summed E-state index contributed by atoms with van der Waals surface area (Å²) < 4.78 is 37.8. The summed E-state index contributed by atoms with van der Waals surface area (Å²) in [6.45, 7) is 3.57. The molecule has 1 unspecified atom stereocenters. The zero-order valence-corrected chi connectivity index (χ0v) is 11.9. The van der Waals surface area contributed by atoms with E-state index in [1.807, 2.05) is 0 Å². The van der Waals surface area contributed by atoms with Gasteiger partial charge in [0, 0.05) is 18.8 Å². The van der Waals surface area contributed by atoms with Gasteiger partial charge in [0.15, 0.2) is 0 Å². The number of carbonyl (C=O) groups excluding carboxylic acids is 1. The number of piperidine rings is 1. The van der Waals surface area contributed by atoms with Gasteiger partial charge in [-0.3, -0.25) is 4.79 Å². The van der Waals surface area contributed by atoms with E-state index in [-0.39, 0.29) is 12.5 Å². The first-order valence-corrected chi connectivity index (χ1v) is 7.05. The number of benzene rings is 1. The average Bonchev–Trinajstić information content (AvgIpc) is 2.44. The fourth-order valence-corrected chi connectivity index (χ4v) is 2.51. The number of likely N-dealkylation sites (tertiary alicyclic amines) is 1. The van der Waals surface area contributed by atoms with E-state index in [0.29, 0.717) is 11.6 Å². The van der Waals surface area contributed by atoms with Crippen molar-refractivity contribution in [1.82, 2.24) is 4.90 Å². The molecule has 1 aliphatic rings. The van der Waals surface area contributed by atoms with Crippen LogP contribution in [0.3, 0.4) is 0 Å². The Kier molecular flexibility index (Phi) is 4.75. The summed E-state index contributed by atoms with van der Waals surface area (Å²) in [5.74, 6) is 0.412. The minimum atomic E-state index is -4.37. The van der Waals surface area contributed by atoms with Crippen molar-refractivity contribution >= 4 is 11.6 Å². The van der Waals surface area contributed by atoms with Crippen molar-refractivity contribution in [3.63, 3.8) is 0 Å². The Hall–Kier alpha value is -1.72. The largest absolute Gasteiger partial charge is 0.416 e. The van der Waals surface area contributed by atoms with Crippen molar-refractivity contribution < 1.29 is 18.0 Å². The molecular weight excluding hydrogens is 281 g/mol. The Morgan fingerprint density at radius 3 is 2.86 bits per heavy atom. The predicted octanol–water partition coefficient (Wildman–Crippen LogP) is 3.38. The third-order valence-electron chi connectivity index (χ3n) is 3.64. The minimum absolute atomic E-state index is 0.0219. The second-order valence-electron chi connectivity index (χ2n) is 5.52. The Bertz CT molecular complexity index is 502. The molecule has 0 radical (unpaired) electrons. The fourth-order valence-electron chi connectivity index (χ4n) is 2.51. The number of rotatable bonds is 3. The van der Waals surface area contributed by atoms with Crippen LogP contribution in [0.4, 0.5) is 18.9 Å². The molecule has 1 N–H and O–H groups in total. The van der Waals surface area contributed by atoms with E-state index in [9.17, 15) is 18.0 Å². The Morgan fingerprint density at radius 2 is 2.19 bits per heavy atom. The van der Waals surface area contributed by atoms with Crippen molar-refractivity contribution in [2.24, 2.45) is 5.92 Å². The third kappa shape index (κ3) is 4.37. The fraction of sp³-hybridized carbons (Fsp3) is 0.533. The van der Waals surface area contributed by atoms with E-state index < -0.39 is 11.7 Å². The molecule has 1 aromatic rings. The number of amides is 1. The summed E-state index contributed by atoms with van der Waals surface area (Å²) >= 11 is 0. The molecule has 1 heterocycles. The molecule has 1 aliphatic heterocycles. The maximum Gasteiger partial charge on any atom is 0.416 e. The molecule has 6 heteroatoms. The highest BCUT2D eigenvalue weighted by atomic mass is 19.4. The highest BCUT2D eigenvalue weighted by Crippen LogP contribution is 2.30. The lowest BCUT2D eigenvalue weighted by Crippen LogP contribution is -2.41.